The molecule has 5 heteroatoms. The number of aliphatic imine (C=N–C) groups is 1. The smallest absolute Gasteiger partial charge is 0.216 e. The van der Waals surface area contributed by atoms with Gasteiger partial charge in [0.2, 0.25) is 5.90 Å². The van der Waals surface area contributed by atoms with Gasteiger partial charge in [-0.2, -0.15) is 0 Å². The summed E-state index contributed by atoms with van der Waals surface area (Å²) in [5, 5.41) is 2.36. The highest BCUT2D eigenvalue weighted by Gasteiger charge is 2.32. The van der Waals surface area contributed by atoms with Gasteiger partial charge in [0.05, 0.1) is 17.1 Å². The first-order chi connectivity index (χ1) is 23.5. The second-order valence-electron chi connectivity index (χ2n) is 15.3. The van der Waals surface area contributed by atoms with Gasteiger partial charge >= 0.3 is 0 Å². The zero-order chi connectivity index (χ0) is 34.4. The molecule has 0 unspecified atom stereocenters. The number of aryl methyl sites for hydroxylation is 1. The molecule has 0 aliphatic carbocycles. The largest absolute Gasteiger partial charge is 0.475 e. The fraction of sp³-hybridized carbons (Fsp3) is 0.318. The van der Waals surface area contributed by atoms with Gasteiger partial charge in [0, 0.05) is 28.6 Å². The van der Waals surface area contributed by atoms with E-state index in [1.165, 1.54) is 16.5 Å². The minimum Gasteiger partial charge on any atom is -0.475 e. The molecule has 6 aromatic rings. The molecule has 0 saturated carbocycles. The fourth-order valence-electron chi connectivity index (χ4n) is 7.55. The number of rotatable bonds is 8. The first-order valence-corrected chi connectivity index (χ1v) is 17.6. The highest BCUT2D eigenvalue weighted by molar-refractivity contribution is 6.09. The third-order valence-electron chi connectivity index (χ3n) is 9.89. The van der Waals surface area contributed by atoms with Crippen LogP contribution < -0.4 is 4.74 Å². The summed E-state index contributed by atoms with van der Waals surface area (Å²) < 4.78 is 15.3. The van der Waals surface area contributed by atoms with Crippen LogP contribution in [-0.2, 0) is 10.2 Å². The number of nitrogens with zero attached hydrogens (tertiary/aromatic N) is 3. The number of hydrogen-bond acceptors (Lipinski definition) is 4. The van der Waals surface area contributed by atoms with Crippen molar-refractivity contribution in [1.82, 2.24) is 9.55 Å². The topological polar surface area (TPSA) is 48.6 Å². The lowest BCUT2D eigenvalue weighted by Gasteiger charge is -2.27. The van der Waals surface area contributed by atoms with E-state index in [0.29, 0.717) is 30.3 Å². The van der Waals surface area contributed by atoms with Gasteiger partial charge in [-0.1, -0.05) is 90.4 Å². The molecule has 0 fully saturated rings. The van der Waals surface area contributed by atoms with Gasteiger partial charge in [0.1, 0.15) is 23.9 Å². The summed E-state index contributed by atoms with van der Waals surface area (Å²) >= 11 is 0. The van der Waals surface area contributed by atoms with Crippen LogP contribution in [0.5, 0.6) is 11.5 Å². The van der Waals surface area contributed by atoms with Crippen molar-refractivity contribution in [2.75, 3.05) is 6.61 Å². The van der Waals surface area contributed by atoms with Crippen molar-refractivity contribution >= 4 is 27.7 Å². The Balaban J connectivity index is 1.33. The van der Waals surface area contributed by atoms with Gasteiger partial charge in [0.25, 0.3) is 0 Å². The second-order valence-corrected chi connectivity index (χ2v) is 15.3. The van der Waals surface area contributed by atoms with Crippen LogP contribution in [0.25, 0.3) is 38.8 Å². The SMILES string of the molecule is Cc1ccc2c(c1)c1ccc(Oc3cc(C4=N[C@H](C(C(C)C)C(C)C)CO4)cc(-c4ccccc4)c3)cc1n2-c1cc(C(C)(C)C)ccn1. The van der Waals surface area contributed by atoms with Gasteiger partial charge < -0.3 is 9.47 Å². The van der Waals surface area contributed by atoms with Gasteiger partial charge in [-0.3, -0.25) is 4.57 Å². The van der Waals surface area contributed by atoms with Crippen LogP contribution in [0.2, 0.25) is 0 Å². The molecule has 1 atom stereocenters. The van der Waals surface area contributed by atoms with Crippen LogP contribution in [0.1, 0.15) is 65.2 Å². The number of benzene rings is 4. The quantitative estimate of drug-likeness (QED) is 0.165. The third-order valence-corrected chi connectivity index (χ3v) is 9.89. The predicted octanol–water partition coefficient (Wildman–Crippen LogP) is 11.3. The van der Waals surface area contributed by atoms with Gasteiger partial charge in [-0.15, -0.1) is 0 Å². The number of aromatic nitrogens is 2. The first-order valence-electron chi connectivity index (χ1n) is 17.6. The van der Waals surface area contributed by atoms with Crippen LogP contribution in [-0.4, -0.2) is 28.1 Å². The number of ether oxygens (including phenoxy) is 2. The normalized spacial score (nSPS) is 15.1. The van der Waals surface area contributed by atoms with Crippen molar-refractivity contribution in [3.8, 4) is 28.4 Å². The maximum absolute atomic E-state index is 6.74. The molecule has 0 spiro atoms. The van der Waals surface area contributed by atoms with Crippen LogP contribution in [0.3, 0.4) is 0 Å². The van der Waals surface area contributed by atoms with E-state index in [1.54, 1.807) is 0 Å². The van der Waals surface area contributed by atoms with Gasteiger partial charge in [-0.05, 0) is 101 Å². The Morgan fingerprint density at radius 2 is 1.49 bits per heavy atom. The Hall–Kier alpha value is -4.90. The Labute approximate surface area is 290 Å². The van der Waals surface area contributed by atoms with E-state index in [1.807, 2.05) is 12.3 Å². The average molecular weight is 650 g/mol. The van der Waals surface area contributed by atoms with E-state index >= 15 is 0 Å². The third kappa shape index (κ3) is 6.47. The fourth-order valence-corrected chi connectivity index (χ4v) is 7.55. The molecular formula is C44H47N3O2. The van der Waals surface area contributed by atoms with Crippen LogP contribution >= 0.6 is 0 Å². The number of pyridine rings is 1. The zero-order valence-electron chi connectivity index (χ0n) is 30.0. The maximum atomic E-state index is 6.74. The van der Waals surface area contributed by atoms with Crippen LogP contribution in [0.4, 0.5) is 0 Å². The van der Waals surface area contributed by atoms with E-state index in [2.05, 4.69) is 151 Å². The van der Waals surface area contributed by atoms with Crippen molar-refractivity contribution in [1.29, 1.82) is 0 Å². The Morgan fingerprint density at radius 3 is 2.22 bits per heavy atom. The van der Waals surface area contributed by atoms with Crippen LogP contribution in [0, 0.1) is 24.7 Å². The van der Waals surface area contributed by atoms with Crippen LogP contribution in [0.15, 0.2) is 108 Å². The number of hydrogen-bond donors (Lipinski definition) is 0. The van der Waals surface area contributed by atoms with E-state index in [0.717, 1.165) is 50.4 Å². The van der Waals surface area contributed by atoms with E-state index in [-0.39, 0.29) is 11.5 Å². The molecule has 5 nitrogen and oxygen atoms in total. The van der Waals surface area contributed by atoms with E-state index in [9.17, 15) is 0 Å². The summed E-state index contributed by atoms with van der Waals surface area (Å²) in [5.74, 6) is 4.57. The molecule has 250 valence electrons. The van der Waals surface area contributed by atoms with Crippen molar-refractivity contribution in [2.24, 2.45) is 22.7 Å². The standard InChI is InChI=1S/C44H47N3O2/c1-27(2)42(28(3)4)38-26-48-43(46-38)32-21-31(30-12-10-9-11-13-30)22-35(23-32)49-34-15-16-36-37-20-29(5)14-17-39(37)47(40(36)25-34)41-24-33(18-19-45-41)44(6,7)8/h9-25,27-28,38,42H,26H2,1-8H3/t38-/m0/s1. The highest BCUT2D eigenvalue weighted by Crippen LogP contribution is 2.38. The van der Waals surface area contributed by atoms with E-state index < -0.39 is 0 Å². The minimum absolute atomic E-state index is 0.000615. The Kier molecular flexibility index (Phi) is 8.56. The molecule has 3 heterocycles. The summed E-state index contributed by atoms with van der Waals surface area (Å²) in [6, 6.07) is 34.2. The predicted molar refractivity (Wildman–Crippen MR) is 203 cm³/mol. The Bertz CT molecular complexity index is 2160. The van der Waals surface area contributed by atoms with Crippen molar-refractivity contribution in [2.45, 2.75) is 66.8 Å². The molecule has 0 radical (unpaired) electrons. The molecule has 2 aromatic heterocycles. The highest BCUT2D eigenvalue weighted by atomic mass is 16.5. The minimum atomic E-state index is 0.000615. The van der Waals surface area contributed by atoms with Gasteiger partial charge in [-0.25, -0.2) is 9.98 Å². The molecule has 4 aromatic carbocycles. The molecule has 0 amide bonds. The lowest BCUT2D eigenvalue weighted by molar-refractivity contribution is 0.198. The molecule has 0 N–H and O–H groups in total. The lowest BCUT2D eigenvalue weighted by Crippen LogP contribution is -2.29. The van der Waals surface area contributed by atoms with E-state index in [4.69, 9.17) is 19.5 Å². The molecule has 0 saturated heterocycles. The summed E-state index contributed by atoms with van der Waals surface area (Å²) in [6.07, 6.45) is 1.92. The van der Waals surface area contributed by atoms with Gasteiger partial charge in [0.15, 0.2) is 0 Å². The summed E-state index contributed by atoms with van der Waals surface area (Å²) in [4.78, 5) is 10.0. The van der Waals surface area contributed by atoms with Crippen molar-refractivity contribution < 1.29 is 9.47 Å². The monoisotopic (exact) mass is 649 g/mol. The zero-order valence-corrected chi connectivity index (χ0v) is 30.0. The average Bonchev–Trinajstić information content (AvgIpc) is 3.67. The van der Waals surface area contributed by atoms with Crippen molar-refractivity contribution in [3.05, 3.63) is 120 Å². The molecule has 0 bridgehead atoms. The van der Waals surface area contributed by atoms with Crippen molar-refractivity contribution in [3.63, 3.8) is 0 Å². The number of fused-ring (bicyclic) bond motifs is 3. The molecule has 49 heavy (non-hydrogen) atoms. The molecule has 1 aliphatic heterocycles. The summed E-state index contributed by atoms with van der Waals surface area (Å²) in [5.41, 5.74) is 7.74. The Morgan fingerprint density at radius 1 is 0.735 bits per heavy atom. The molecular weight excluding hydrogens is 603 g/mol. The first kappa shape index (κ1) is 32.6. The summed E-state index contributed by atoms with van der Waals surface area (Å²) in [7, 11) is 0. The maximum Gasteiger partial charge on any atom is 0.216 e. The summed E-state index contributed by atoms with van der Waals surface area (Å²) in [6.45, 7) is 18.6. The molecule has 7 rings (SSSR count). The second kappa shape index (κ2) is 12.9. The lowest BCUT2D eigenvalue weighted by atomic mass is 9.80. The molecule has 1 aliphatic rings.